The van der Waals surface area contributed by atoms with Gasteiger partial charge in [0, 0.05) is 27.2 Å². The number of fused-ring (bicyclic) bond motifs is 1. The summed E-state index contributed by atoms with van der Waals surface area (Å²) in [5.74, 6) is -0.654. The van der Waals surface area contributed by atoms with E-state index in [4.69, 9.17) is 4.74 Å². The number of nitrogens with one attached hydrogen (secondary N) is 1. The van der Waals surface area contributed by atoms with E-state index in [1.807, 2.05) is 4.90 Å². The van der Waals surface area contributed by atoms with Crippen LogP contribution in [0.4, 0.5) is 24.5 Å². The molecular formula is C20H21F3N6O4. The normalized spacial score (nSPS) is 14.6. The predicted octanol–water partition coefficient (Wildman–Crippen LogP) is 0.928. The van der Waals surface area contributed by atoms with Gasteiger partial charge in [-0.15, -0.1) is 0 Å². The van der Waals surface area contributed by atoms with Crippen LogP contribution in [0.25, 0.3) is 11.2 Å². The summed E-state index contributed by atoms with van der Waals surface area (Å²) in [6.45, 7) is 1.37. The highest BCUT2D eigenvalue weighted by Crippen LogP contribution is 2.35. The Kier molecular flexibility index (Phi) is 5.74. The molecule has 13 heteroatoms. The third-order valence-electron chi connectivity index (χ3n) is 5.48. The third kappa shape index (κ3) is 4.23. The van der Waals surface area contributed by atoms with Gasteiger partial charge in [-0.2, -0.15) is 13.2 Å². The summed E-state index contributed by atoms with van der Waals surface area (Å²) in [5.41, 5.74) is -1.52. The SMILES string of the molecule is Cn1c(=O)c2c(ncn2CC(=O)Nc2cc(C(F)(F)F)ccc2N2CCOCC2)n(C)c1=O. The molecule has 10 nitrogen and oxygen atoms in total. The second-order valence-corrected chi connectivity index (χ2v) is 7.63. The molecule has 1 aliphatic heterocycles. The monoisotopic (exact) mass is 466 g/mol. The average Bonchev–Trinajstić information content (AvgIpc) is 3.19. The highest BCUT2D eigenvalue weighted by Gasteiger charge is 2.32. The molecule has 1 N–H and O–H groups in total. The van der Waals surface area contributed by atoms with E-state index in [2.05, 4.69) is 10.3 Å². The van der Waals surface area contributed by atoms with Crippen LogP contribution in [-0.2, 0) is 36.3 Å². The number of carbonyl (C=O) groups is 1. The van der Waals surface area contributed by atoms with Gasteiger partial charge in [0.15, 0.2) is 11.2 Å². The van der Waals surface area contributed by atoms with Crippen LogP contribution in [0.15, 0.2) is 34.1 Å². The number of imidazole rings is 1. The number of nitrogens with zero attached hydrogens (tertiary/aromatic N) is 5. The number of morpholine rings is 1. The molecule has 176 valence electrons. The van der Waals surface area contributed by atoms with Crippen molar-refractivity contribution in [2.45, 2.75) is 12.7 Å². The zero-order valence-electron chi connectivity index (χ0n) is 17.8. The molecule has 4 rings (SSSR count). The summed E-state index contributed by atoms with van der Waals surface area (Å²) in [6.07, 6.45) is -3.35. The van der Waals surface area contributed by atoms with Crippen molar-refractivity contribution in [1.82, 2.24) is 18.7 Å². The Morgan fingerprint density at radius 3 is 2.52 bits per heavy atom. The largest absolute Gasteiger partial charge is 0.416 e. The van der Waals surface area contributed by atoms with Crippen molar-refractivity contribution in [3.8, 4) is 0 Å². The molecule has 0 aliphatic carbocycles. The molecule has 0 unspecified atom stereocenters. The fraction of sp³-hybridized carbons (Fsp3) is 0.400. The Bertz CT molecular complexity index is 1330. The van der Waals surface area contributed by atoms with Gasteiger partial charge < -0.3 is 19.5 Å². The lowest BCUT2D eigenvalue weighted by Crippen LogP contribution is -2.38. The third-order valence-corrected chi connectivity index (χ3v) is 5.48. The molecule has 1 fully saturated rings. The molecule has 1 aromatic carbocycles. The van der Waals surface area contributed by atoms with Crippen LogP contribution in [0.2, 0.25) is 0 Å². The zero-order valence-corrected chi connectivity index (χ0v) is 17.8. The molecular weight excluding hydrogens is 445 g/mol. The van der Waals surface area contributed by atoms with Crippen molar-refractivity contribution in [3.05, 3.63) is 50.9 Å². The smallest absolute Gasteiger partial charge is 0.378 e. The number of aryl methyl sites for hydroxylation is 1. The quantitative estimate of drug-likeness (QED) is 0.614. The van der Waals surface area contributed by atoms with Crippen LogP contribution < -0.4 is 21.5 Å². The van der Waals surface area contributed by atoms with Crippen molar-refractivity contribution >= 4 is 28.4 Å². The van der Waals surface area contributed by atoms with Gasteiger partial charge in [-0.25, -0.2) is 9.78 Å². The van der Waals surface area contributed by atoms with Crippen molar-refractivity contribution < 1.29 is 22.7 Å². The standard InChI is InChI=1S/C20H21F3N6O4/c1-26-17-16(18(31)27(2)19(26)32)29(11-24-17)10-15(30)25-13-9-12(20(21,22)23)3-4-14(13)28-5-7-33-8-6-28/h3-4,9,11H,5-8,10H2,1-2H3,(H,25,30). The van der Waals surface area contributed by atoms with Gasteiger partial charge >= 0.3 is 11.9 Å². The lowest BCUT2D eigenvalue weighted by molar-refractivity contribution is -0.137. The summed E-state index contributed by atoms with van der Waals surface area (Å²) < 4.78 is 48.5. The Morgan fingerprint density at radius 2 is 1.85 bits per heavy atom. The minimum atomic E-state index is -4.58. The fourth-order valence-electron chi connectivity index (χ4n) is 3.75. The molecule has 0 radical (unpaired) electrons. The van der Waals surface area contributed by atoms with Crippen LogP contribution in [0, 0.1) is 0 Å². The minimum Gasteiger partial charge on any atom is -0.378 e. The van der Waals surface area contributed by atoms with E-state index in [0.717, 1.165) is 16.7 Å². The predicted molar refractivity (Wildman–Crippen MR) is 113 cm³/mol. The number of ether oxygens (including phenoxy) is 1. The Labute approximate surface area is 184 Å². The van der Waals surface area contributed by atoms with Gasteiger partial charge in [0.1, 0.15) is 6.54 Å². The molecule has 0 spiro atoms. The number of alkyl halides is 3. The van der Waals surface area contributed by atoms with E-state index in [1.165, 1.54) is 35.6 Å². The molecule has 3 heterocycles. The fourth-order valence-corrected chi connectivity index (χ4v) is 3.75. The zero-order chi connectivity index (χ0) is 23.9. The van der Waals surface area contributed by atoms with Gasteiger partial charge in [0.05, 0.1) is 36.5 Å². The van der Waals surface area contributed by atoms with Crippen LogP contribution in [0.3, 0.4) is 0 Å². The number of hydrogen-bond donors (Lipinski definition) is 1. The van der Waals surface area contributed by atoms with Gasteiger partial charge in [0.25, 0.3) is 5.56 Å². The Hall–Kier alpha value is -3.61. The van der Waals surface area contributed by atoms with Crippen LogP contribution >= 0.6 is 0 Å². The van der Waals surface area contributed by atoms with E-state index in [9.17, 15) is 27.6 Å². The summed E-state index contributed by atoms with van der Waals surface area (Å²) in [7, 11) is 2.75. The molecule has 0 saturated carbocycles. The van der Waals surface area contributed by atoms with E-state index >= 15 is 0 Å². The van der Waals surface area contributed by atoms with E-state index in [0.29, 0.717) is 32.0 Å². The Balaban J connectivity index is 1.67. The lowest BCUT2D eigenvalue weighted by atomic mass is 10.1. The number of amides is 1. The molecule has 3 aromatic rings. The van der Waals surface area contributed by atoms with Gasteiger partial charge in [0.2, 0.25) is 5.91 Å². The number of halogens is 3. The summed E-state index contributed by atoms with van der Waals surface area (Å²) in [6, 6.07) is 3.17. The molecule has 1 amide bonds. The highest BCUT2D eigenvalue weighted by atomic mass is 19.4. The maximum Gasteiger partial charge on any atom is 0.416 e. The number of carbonyl (C=O) groups excluding carboxylic acids is 1. The second-order valence-electron chi connectivity index (χ2n) is 7.63. The number of hydrogen-bond acceptors (Lipinski definition) is 6. The number of anilines is 2. The van der Waals surface area contributed by atoms with E-state index in [1.54, 1.807) is 0 Å². The first-order valence-corrected chi connectivity index (χ1v) is 10.0. The van der Waals surface area contributed by atoms with Crippen molar-refractivity contribution in [1.29, 1.82) is 0 Å². The minimum absolute atomic E-state index is 0.00134. The summed E-state index contributed by atoms with van der Waals surface area (Å²) >= 11 is 0. The molecule has 33 heavy (non-hydrogen) atoms. The van der Waals surface area contributed by atoms with Crippen molar-refractivity contribution in [3.63, 3.8) is 0 Å². The first-order chi connectivity index (χ1) is 15.6. The number of aromatic nitrogens is 4. The van der Waals surface area contributed by atoms with Gasteiger partial charge in [-0.3, -0.25) is 18.7 Å². The second kappa shape index (κ2) is 8.39. The van der Waals surface area contributed by atoms with Crippen LogP contribution in [0.5, 0.6) is 0 Å². The first kappa shape index (κ1) is 22.6. The molecule has 2 aromatic heterocycles. The molecule has 0 atom stereocenters. The van der Waals surface area contributed by atoms with Crippen molar-refractivity contribution in [2.75, 3.05) is 36.5 Å². The molecule has 0 bridgehead atoms. The first-order valence-electron chi connectivity index (χ1n) is 10.0. The van der Waals surface area contributed by atoms with Crippen LogP contribution in [-0.4, -0.2) is 50.9 Å². The maximum atomic E-state index is 13.3. The topological polar surface area (TPSA) is 103 Å². The van der Waals surface area contributed by atoms with Crippen LogP contribution in [0.1, 0.15) is 5.56 Å². The summed E-state index contributed by atoms with van der Waals surface area (Å²) in [5, 5.41) is 2.54. The molecule has 1 aliphatic rings. The summed E-state index contributed by atoms with van der Waals surface area (Å²) in [4.78, 5) is 43.3. The highest BCUT2D eigenvalue weighted by molar-refractivity contribution is 5.95. The average molecular weight is 466 g/mol. The van der Waals surface area contributed by atoms with Gasteiger partial charge in [-0.05, 0) is 18.2 Å². The van der Waals surface area contributed by atoms with Gasteiger partial charge in [-0.1, -0.05) is 0 Å². The lowest BCUT2D eigenvalue weighted by Gasteiger charge is -2.31. The number of benzene rings is 1. The van der Waals surface area contributed by atoms with Crippen molar-refractivity contribution in [2.24, 2.45) is 14.1 Å². The maximum absolute atomic E-state index is 13.3. The molecule has 1 saturated heterocycles. The van der Waals surface area contributed by atoms with E-state index < -0.39 is 28.9 Å². The van der Waals surface area contributed by atoms with E-state index in [-0.39, 0.29) is 23.4 Å². The number of rotatable bonds is 4. The Morgan fingerprint density at radius 1 is 1.15 bits per heavy atom.